The molecule has 5 nitrogen and oxygen atoms in total. The van der Waals surface area contributed by atoms with Crippen LogP contribution >= 0.6 is 0 Å². The van der Waals surface area contributed by atoms with Crippen molar-refractivity contribution in [3.8, 4) is 0 Å². The Labute approximate surface area is 133 Å². The third-order valence-electron chi connectivity index (χ3n) is 5.14. The predicted octanol–water partition coefficient (Wildman–Crippen LogP) is 2.07. The second-order valence-corrected chi connectivity index (χ2v) is 6.89. The Balaban J connectivity index is 2.01. The summed E-state index contributed by atoms with van der Waals surface area (Å²) in [5.41, 5.74) is 0. The Morgan fingerprint density at radius 3 is 2.64 bits per heavy atom. The highest BCUT2D eigenvalue weighted by Crippen LogP contribution is 2.44. The first-order chi connectivity index (χ1) is 10.4. The van der Waals surface area contributed by atoms with Gasteiger partial charge in [0.05, 0.1) is 18.3 Å². The molecule has 0 amide bonds. The van der Waals surface area contributed by atoms with Crippen LogP contribution in [0.15, 0.2) is 12.7 Å². The molecular weight excluding hydrogens is 284 g/mol. The minimum absolute atomic E-state index is 0.160. The van der Waals surface area contributed by atoms with Gasteiger partial charge >= 0.3 is 0 Å². The average Bonchev–Trinajstić information content (AvgIpc) is 3.18. The van der Waals surface area contributed by atoms with Crippen molar-refractivity contribution in [1.82, 2.24) is 0 Å². The smallest absolute Gasteiger partial charge is 0.174 e. The van der Waals surface area contributed by atoms with E-state index in [1.807, 2.05) is 6.92 Å². The zero-order chi connectivity index (χ0) is 16.3. The van der Waals surface area contributed by atoms with Gasteiger partial charge in [-0.1, -0.05) is 19.9 Å². The summed E-state index contributed by atoms with van der Waals surface area (Å²) < 4.78 is 16.6. The number of aliphatic hydroxyl groups is 2. The van der Waals surface area contributed by atoms with Gasteiger partial charge in [0.2, 0.25) is 0 Å². The molecule has 5 heteroatoms. The minimum atomic E-state index is -1.29. The lowest BCUT2D eigenvalue weighted by Gasteiger charge is -2.46. The Kier molecular flexibility index (Phi) is 6.02. The fraction of sp³-hybridized carbons (Fsp3) is 0.882. The van der Waals surface area contributed by atoms with Crippen molar-refractivity contribution >= 4 is 0 Å². The van der Waals surface area contributed by atoms with Crippen molar-refractivity contribution in [1.29, 1.82) is 0 Å². The molecule has 1 saturated heterocycles. The Morgan fingerprint density at radius 1 is 1.41 bits per heavy atom. The molecule has 2 fully saturated rings. The maximum Gasteiger partial charge on any atom is 0.174 e. The number of hydrogen-bond donors (Lipinski definition) is 2. The third-order valence-corrected chi connectivity index (χ3v) is 5.14. The van der Waals surface area contributed by atoms with Crippen LogP contribution in [0.25, 0.3) is 0 Å². The van der Waals surface area contributed by atoms with Crippen LogP contribution < -0.4 is 0 Å². The highest BCUT2D eigenvalue weighted by atomic mass is 16.7. The molecule has 1 saturated carbocycles. The van der Waals surface area contributed by atoms with Crippen molar-refractivity contribution in [2.45, 2.75) is 63.6 Å². The number of ether oxygens (including phenoxy) is 3. The van der Waals surface area contributed by atoms with Crippen LogP contribution in [0, 0.1) is 17.8 Å². The molecular formula is C17H30O5. The molecule has 1 unspecified atom stereocenters. The molecule has 1 heterocycles. The number of aliphatic hydroxyl groups excluding tert-OH is 1. The first kappa shape index (κ1) is 17.9. The molecule has 0 aromatic heterocycles. The largest absolute Gasteiger partial charge is 0.393 e. The fourth-order valence-electron chi connectivity index (χ4n) is 3.48. The monoisotopic (exact) mass is 314 g/mol. The molecule has 0 bridgehead atoms. The molecule has 0 spiro atoms. The van der Waals surface area contributed by atoms with Gasteiger partial charge in [0, 0.05) is 25.9 Å². The molecule has 0 radical (unpaired) electrons. The molecule has 1 aliphatic carbocycles. The maximum atomic E-state index is 10.8. The summed E-state index contributed by atoms with van der Waals surface area (Å²) in [6.07, 6.45) is 3.52. The zero-order valence-electron chi connectivity index (χ0n) is 13.9. The van der Waals surface area contributed by atoms with Crippen LogP contribution in [-0.4, -0.2) is 48.2 Å². The maximum absolute atomic E-state index is 10.8. The Morgan fingerprint density at radius 2 is 2.09 bits per heavy atom. The Hall–Kier alpha value is -0.460. The molecule has 22 heavy (non-hydrogen) atoms. The average molecular weight is 314 g/mol. The van der Waals surface area contributed by atoms with Crippen molar-refractivity contribution < 1.29 is 24.4 Å². The van der Waals surface area contributed by atoms with Gasteiger partial charge in [-0.15, -0.1) is 6.58 Å². The van der Waals surface area contributed by atoms with Gasteiger partial charge in [0.15, 0.2) is 5.79 Å². The lowest BCUT2D eigenvalue weighted by atomic mass is 9.84. The van der Waals surface area contributed by atoms with Crippen molar-refractivity contribution in [3.63, 3.8) is 0 Å². The van der Waals surface area contributed by atoms with Crippen LogP contribution in [0.3, 0.4) is 0 Å². The summed E-state index contributed by atoms with van der Waals surface area (Å²) in [7, 11) is 1.58. The highest BCUT2D eigenvalue weighted by Gasteiger charge is 2.48. The van der Waals surface area contributed by atoms with E-state index in [0.717, 1.165) is 6.42 Å². The molecule has 2 aliphatic rings. The van der Waals surface area contributed by atoms with E-state index < -0.39 is 5.79 Å². The van der Waals surface area contributed by atoms with Crippen LogP contribution in [-0.2, 0) is 14.2 Å². The molecule has 128 valence electrons. The quantitative estimate of drug-likeness (QED) is 0.530. The van der Waals surface area contributed by atoms with E-state index in [4.69, 9.17) is 14.2 Å². The number of hydrogen-bond acceptors (Lipinski definition) is 5. The van der Waals surface area contributed by atoms with Crippen LogP contribution in [0.2, 0.25) is 0 Å². The third kappa shape index (κ3) is 4.09. The number of rotatable bonds is 8. The van der Waals surface area contributed by atoms with Gasteiger partial charge in [-0.2, -0.15) is 0 Å². The first-order valence-corrected chi connectivity index (χ1v) is 8.21. The van der Waals surface area contributed by atoms with Crippen molar-refractivity contribution in [2.75, 3.05) is 13.9 Å². The SMILES string of the molecule is C=CCC1(O)O[C@H](C[C@H](O)[C@@H]2C[C@H]2C)C[C@H](OCOC)[C@H]1C. The van der Waals surface area contributed by atoms with Gasteiger partial charge in [-0.25, -0.2) is 0 Å². The fourth-order valence-corrected chi connectivity index (χ4v) is 3.48. The van der Waals surface area contributed by atoms with E-state index in [-0.39, 0.29) is 31.0 Å². The highest BCUT2D eigenvalue weighted by molar-refractivity contribution is 4.95. The van der Waals surface area contributed by atoms with E-state index in [1.165, 1.54) is 0 Å². The van der Waals surface area contributed by atoms with E-state index >= 15 is 0 Å². The lowest BCUT2D eigenvalue weighted by Crippen LogP contribution is -2.54. The van der Waals surface area contributed by atoms with Gasteiger partial charge in [0.1, 0.15) is 6.79 Å². The van der Waals surface area contributed by atoms with E-state index in [1.54, 1.807) is 13.2 Å². The van der Waals surface area contributed by atoms with Crippen LogP contribution in [0.4, 0.5) is 0 Å². The van der Waals surface area contributed by atoms with E-state index in [0.29, 0.717) is 31.1 Å². The summed E-state index contributed by atoms with van der Waals surface area (Å²) in [6, 6.07) is 0. The zero-order valence-corrected chi connectivity index (χ0v) is 13.9. The topological polar surface area (TPSA) is 68.2 Å². The molecule has 2 N–H and O–H groups in total. The summed E-state index contributed by atoms with van der Waals surface area (Å²) in [5, 5.41) is 21.1. The summed E-state index contributed by atoms with van der Waals surface area (Å²) in [5.74, 6) is -0.523. The molecule has 0 aromatic rings. The summed E-state index contributed by atoms with van der Waals surface area (Å²) in [6.45, 7) is 7.95. The second kappa shape index (κ2) is 7.41. The summed E-state index contributed by atoms with van der Waals surface area (Å²) >= 11 is 0. The van der Waals surface area contributed by atoms with E-state index in [2.05, 4.69) is 13.5 Å². The van der Waals surface area contributed by atoms with Crippen LogP contribution in [0.1, 0.15) is 39.5 Å². The number of methoxy groups -OCH3 is 1. The van der Waals surface area contributed by atoms with E-state index in [9.17, 15) is 10.2 Å². The molecule has 7 atom stereocenters. The van der Waals surface area contributed by atoms with Gasteiger partial charge in [-0.3, -0.25) is 0 Å². The molecule has 1 aliphatic heterocycles. The van der Waals surface area contributed by atoms with Gasteiger partial charge in [0.25, 0.3) is 0 Å². The van der Waals surface area contributed by atoms with Crippen LogP contribution in [0.5, 0.6) is 0 Å². The summed E-state index contributed by atoms with van der Waals surface area (Å²) in [4.78, 5) is 0. The second-order valence-electron chi connectivity index (χ2n) is 6.89. The van der Waals surface area contributed by atoms with Crippen molar-refractivity contribution in [2.24, 2.45) is 17.8 Å². The minimum Gasteiger partial charge on any atom is -0.393 e. The standard InChI is InChI=1S/C17H30O5/c1-5-6-17(19)12(3)16(21-10-20-4)9-13(22-17)8-15(18)14-7-11(14)2/h5,11-16,18-19H,1,6-10H2,2-4H3/t11-,12-,13-,14-,15+,16+,17?/m1/s1. The van der Waals surface area contributed by atoms with Gasteiger partial charge < -0.3 is 24.4 Å². The predicted molar refractivity (Wildman–Crippen MR) is 83.1 cm³/mol. The Bertz CT molecular complexity index is 374. The first-order valence-electron chi connectivity index (χ1n) is 8.21. The lowest BCUT2D eigenvalue weighted by molar-refractivity contribution is -0.312. The molecule has 2 rings (SSSR count). The van der Waals surface area contributed by atoms with Gasteiger partial charge in [-0.05, 0) is 24.7 Å². The van der Waals surface area contributed by atoms with Crippen molar-refractivity contribution in [3.05, 3.63) is 12.7 Å². The molecule has 0 aromatic carbocycles. The normalized spacial score (nSPS) is 42.9.